The van der Waals surface area contributed by atoms with Gasteiger partial charge >= 0.3 is 0 Å². The van der Waals surface area contributed by atoms with Crippen LogP contribution in [0.15, 0.2) is 72.9 Å². The first kappa shape index (κ1) is 27.4. The van der Waals surface area contributed by atoms with Crippen LogP contribution in [0.1, 0.15) is 34.3 Å². The second-order valence-electron chi connectivity index (χ2n) is 9.85. The molecule has 4 aromatic rings. The Labute approximate surface area is 238 Å². The molecule has 2 N–H and O–H groups in total. The third-order valence-corrected chi connectivity index (χ3v) is 7.15. The zero-order valence-electron chi connectivity index (χ0n) is 22.3. The predicted molar refractivity (Wildman–Crippen MR) is 155 cm³/mol. The van der Waals surface area contributed by atoms with Crippen LogP contribution in [0.3, 0.4) is 0 Å². The van der Waals surface area contributed by atoms with Gasteiger partial charge in [0, 0.05) is 30.1 Å². The molecule has 206 valence electrons. The van der Waals surface area contributed by atoms with Crippen LogP contribution in [0, 0.1) is 6.92 Å². The van der Waals surface area contributed by atoms with E-state index in [1.165, 1.54) is 25.0 Å². The van der Waals surface area contributed by atoms with Gasteiger partial charge in [-0.25, -0.2) is 9.97 Å². The fourth-order valence-corrected chi connectivity index (χ4v) is 4.99. The van der Waals surface area contributed by atoms with Gasteiger partial charge in [-0.1, -0.05) is 24.3 Å². The number of phenols is 2. The predicted octanol–water partition coefficient (Wildman–Crippen LogP) is 5.84. The SMILES string of the molecule is Cc1cnc(Cl)nc1-c1ccc(N(Cc2cccc(OCCN3CCCC3)c2)C(=O)c2ccc(O)cc2O)cc1. The van der Waals surface area contributed by atoms with Crippen molar-refractivity contribution in [1.82, 2.24) is 14.9 Å². The van der Waals surface area contributed by atoms with Crippen LogP contribution in [0.2, 0.25) is 5.28 Å². The van der Waals surface area contributed by atoms with Gasteiger partial charge in [-0.05, 0) is 92.0 Å². The Morgan fingerprint density at radius 3 is 2.58 bits per heavy atom. The number of phenolic OH excluding ortho intramolecular Hbond substituents is 2. The average molecular weight is 559 g/mol. The number of hydrogen-bond acceptors (Lipinski definition) is 7. The second-order valence-corrected chi connectivity index (χ2v) is 10.2. The molecule has 8 nitrogen and oxygen atoms in total. The van der Waals surface area contributed by atoms with E-state index in [1.54, 1.807) is 11.1 Å². The van der Waals surface area contributed by atoms with E-state index in [1.807, 2.05) is 55.5 Å². The van der Waals surface area contributed by atoms with Crippen LogP contribution in [0.4, 0.5) is 5.69 Å². The van der Waals surface area contributed by atoms with Crippen LogP contribution in [-0.4, -0.2) is 57.2 Å². The summed E-state index contributed by atoms with van der Waals surface area (Å²) in [6.45, 7) is 5.86. The van der Waals surface area contributed by atoms with Crippen molar-refractivity contribution in [3.8, 4) is 28.5 Å². The summed E-state index contributed by atoms with van der Waals surface area (Å²) < 4.78 is 6.02. The lowest BCUT2D eigenvalue weighted by Gasteiger charge is -2.24. The lowest BCUT2D eigenvalue weighted by atomic mass is 10.1. The molecule has 1 saturated heterocycles. The Bertz CT molecular complexity index is 1490. The van der Waals surface area contributed by atoms with Crippen molar-refractivity contribution in [3.63, 3.8) is 0 Å². The van der Waals surface area contributed by atoms with Gasteiger partial charge in [-0.3, -0.25) is 9.69 Å². The van der Waals surface area contributed by atoms with Crippen molar-refractivity contribution < 1.29 is 19.7 Å². The third-order valence-electron chi connectivity index (χ3n) is 6.97. The molecule has 0 spiro atoms. The first-order valence-electron chi connectivity index (χ1n) is 13.2. The number of hydrogen-bond donors (Lipinski definition) is 2. The van der Waals surface area contributed by atoms with Crippen molar-refractivity contribution in [2.75, 3.05) is 31.1 Å². The molecule has 9 heteroatoms. The molecule has 5 rings (SSSR count). The number of benzene rings is 3. The summed E-state index contributed by atoms with van der Waals surface area (Å²) in [5.41, 5.74) is 3.99. The van der Waals surface area contributed by atoms with Crippen LogP contribution in [-0.2, 0) is 6.54 Å². The molecule has 0 bridgehead atoms. The number of nitrogens with zero attached hydrogens (tertiary/aromatic N) is 4. The molecule has 2 heterocycles. The maximum atomic E-state index is 13.7. The maximum absolute atomic E-state index is 13.7. The van der Waals surface area contributed by atoms with E-state index in [4.69, 9.17) is 16.3 Å². The van der Waals surface area contributed by atoms with Gasteiger partial charge in [0.15, 0.2) is 0 Å². The first-order valence-corrected chi connectivity index (χ1v) is 13.6. The van der Waals surface area contributed by atoms with E-state index in [0.717, 1.165) is 48.1 Å². The standard InChI is InChI=1S/C31H31ClN4O4/c1-21-19-33-31(32)34-29(21)23-7-9-24(10-8-23)36(30(39)27-12-11-25(37)18-28(27)38)20-22-5-4-6-26(17-22)40-16-15-35-13-2-3-14-35/h4-12,17-19,37-38H,2-3,13-16,20H2,1H3. The molecule has 0 aliphatic carbocycles. The summed E-state index contributed by atoms with van der Waals surface area (Å²) in [6.07, 6.45) is 4.15. The Balaban J connectivity index is 1.41. The van der Waals surface area contributed by atoms with Crippen molar-refractivity contribution in [2.45, 2.75) is 26.3 Å². The summed E-state index contributed by atoms with van der Waals surface area (Å²) >= 11 is 6.02. The molecule has 1 amide bonds. The number of aromatic nitrogens is 2. The molecule has 0 radical (unpaired) electrons. The summed E-state index contributed by atoms with van der Waals surface area (Å²) in [4.78, 5) is 26.1. The van der Waals surface area contributed by atoms with E-state index in [9.17, 15) is 15.0 Å². The summed E-state index contributed by atoms with van der Waals surface area (Å²) in [5, 5.41) is 20.3. The zero-order chi connectivity index (χ0) is 28.1. The molecular formula is C31H31ClN4O4. The fourth-order valence-electron chi connectivity index (χ4n) is 4.85. The lowest BCUT2D eigenvalue weighted by Crippen LogP contribution is -2.30. The van der Waals surface area contributed by atoms with Gasteiger partial charge in [0.1, 0.15) is 23.9 Å². The monoisotopic (exact) mass is 558 g/mol. The second kappa shape index (κ2) is 12.4. The third kappa shape index (κ3) is 6.52. The van der Waals surface area contributed by atoms with Crippen LogP contribution >= 0.6 is 11.6 Å². The quantitative estimate of drug-likeness (QED) is 0.249. The van der Waals surface area contributed by atoms with Gasteiger partial charge < -0.3 is 19.8 Å². The topological polar surface area (TPSA) is 99.0 Å². The number of rotatable bonds is 9. The Kier molecular flexibility index (Phi) is 8.48. The van der Waals surface area contributed by atoms with E-state index < -0.39 is 5.91 Å². The van der Waals surface area contributed by atoms with Crippen LogP contribution in [0.5, 0.6) is 17.2 Å². The minimum Gasteiger partial charge on any atom is -0.508 e. The largest absolute Gasteiger partial charge is 0.508 e. The van der Waals surface area contributed by atoms with E-state index >= 15 is 0 Å². The number of anilines is 1. The zero-order valence-corrected chi connectivity index (χ0v) is 23.0. The number of carbonyl (C=O) groups excluding carboxylic acids is 1. The van der Waals surface area contributed by atoms with E-state index in [0.29, 0.717) is 18.0 Å². The highest BCUT2D eigenvalue weighted by Gasteiger charge is 2.22. The molecule has 1 fully saturated rings. The molecule has 1 aromatic heterocycles. The number of aromatic hydroxyl groups is 2. The minimum absolute atomic E-state index is 0.0818. The average Bonchev–Trinajstić information content (AvgIpc) is 3.47. The molecule has 3 aromatic carbocycles. The van der Waals surface area contributed by atoms with Gasteiger partial charge in [-0.15, -0.1) is 0 Å². The number of halogens is 1. The highest BCUT2D eigenvalue weighted by Crippen LogP contribution is 2.30. The minimum atomic E-state index is -0.410. The van der Waals surface area contributed by atoms with Gasteiger partial charge in [0.2, 0.25) is 5.28 Å². The summed E-state index contributed by atoms with van der Waals surface area (Å²) in [5.74, 6) is -0.0885. The van der Waals surface area contributed by atoms with Gasteiger partial charge in [-0.2, -0.15) is 0 Å². The molecule has 40 heavy (non-hydrogen) atoms. The lowest BCUT2D eigenvalue weighted by molar-refractivity contribution is 0.0982. The van der Waals surface area contributed by atoms with Gasteiger partial charge in [0.25, 0.3) is 5.91 Å². The maximum Gasteiger partial charge on any atom is 0.262 e. The summed E-state index contributed by atoms with van der Waals surface area (Å²) in [7, 11) is 0. The van der Waals surface area contributed by atoms with Crippen molar-refractivity contribution >= 4 is 23.2 Å². The Morgan fingerprint density at radius 1 is 1.05 bits per heavy atom. The highest BCUT2D eigenvalue weighted by molar-refractivity contribution is 6.28. The number of likely N-dealkylation sites (tertiary alicyclic amines) is 1. The highest BCUT2D eigenvalue weighted by atomic mass is 35.5. The van der Waals surface area contributed by atoms with Crippen molar-refractivity contribution in [3.05, 3.63) is 94.9 Å². The molecule has 0 unspecified atom stereocenters. The first-order chi connectivity index (χ1) is 19.4. The van der Waals surface area contributed by atoms with E-state index in [-0.39, 0.29) is 28.9 Å². The van der Waals surface area contributed by atoms with Gasteiger partial charge in [0.05, 0.1) is 17.8 Å². The smallest absolute Gasteiger partial charge is 0.262 e. The molecule has 1 aliphatic rings. The fraction of sp³-hybridized carbons (Fsp3) is 0.258. The Morgan fingerprint density at radius 2 is 1.82 bits per heavy atom. The summed E-state index contributed by atoms with van der Waals surface area (Å²) in [6, 6.07) is 19.0. The van der Waals surface area contributed by atoms with Crippen molar-refractivity contribution in [2.24, 2.45) is 0 Å². The molecule has 1 aliphatic heterocycles. The number of carbonyl (C=O) groups is 1. The Hall–Kier alpha value is -4.14. The van der Waals surface area contributed by atoms with Crippen LogP contribution < -0.4 is 9.64 Å². The normalized spacial score (nSPS) is 13.3. The molecule has 0 atom stereocenters. The molecular weight excluding hydrogens is 528 g/mol. The number of aryl methyl sites for hydroxylation is 1. The van der Waals surface area contributed by atoms with E-state index in [2.05, 4.69) is 14.9 Å². The van der Waals surface area contributed by atoms with Crippen LogP contribution in [0.25, 0.3) is 11.3 Å². The van der Waals surface area contributed by atoms with Crippen molar-refractivity contribution in [1.29, 1.82) is 0 Å². The number of amides is 1. The number of ether oxygens (including phenoxy) is 1. The molecule has 0 saturated carbocycles.